The van der Waals surface area contributed by atoms with Gasteiger partial charge in [0.05, 0.1) is 12.5 Å². The summed E-state index contributed by atoms with van der Waals surface area (Å²) in [5, 5.41) is 3.02. The van der Waals surface area contributed by atoms with E-state index in [1.54, 1.807) is 10.8 Å². The molecular formula is C27H27N5O2. The zero-order valence-corrected chi connectivity index (χ0v) is 19.1. The molecule has 7 nitrogen and oxygen atoms in total. The number of hydrogen-bond acceptors (Lipinski definition) is 5. The van der Waals surface area contributed by atoms with E-state index in [4.69, 9.17) is 0 Å². The number of hydrogen-bond donors (Lipinski definition) is 1. The molecule has 1 aliphatic rings. The Bertz CT molecular complexity index is 1370. The average molecular weight is 454 g/mol. The summed E-state index contributed by atoms with van der Waals surface area (Å²) in [6.45, 7) is 3.57. The molecule has 3 heterocycles. The van der Waals surface area contributed by atoms with E-state index < -0.39 is 0 Å². The first-order valence-corrected chi connectivity index (χ1v) is 11.6. The molecule has 0 radical (unpaired) electrons. The third-order valence-electron chi connectivity index (χ3n) is 6.28. The molecule has 1 unspecified atom stereocenters. The lowest BCUT2D eigenvalue weighted by Gasteiger charge is -2.32. The van der Waals surface area contributed by atoms with Gasteiger partial charge in [0.15, 0.2) is 11.5 Å². The van der Waals surface area contributed by atoms with Crippen LogP contribution in [0.15, 0.2) is 77.7 Å². The van der Waals surface area contributed by atoms with Crippen LogP contribution in [0.4, 0.5) is 11.5 Å². The van der Waals surface area contributed by atoms with Crippen LogP contribution in [0.5, 0.6) is 0 Å². The monoisotopic (exact) mass is 453 g/mol. The number of pyridine rings is 1. The van der Waals surface area contributed by atoms with Crippen molar-refractivity contribution in [2.45, 2.75) is 26.3 Å². The minimum atomic E-state index is -0.219. The Labute approximate surface area is 198 Å². The molecule has 0 aliphatic carbocycles. The van der Waals surface area contributed by atoms with Crippen molar-refractivity contribution in [2.24, 2.45) is 5.92 Å². The smallest absolute Gasteiger partial charge is 0.295 e. The quantitative estimate of drug-likeness (QED) is 0.494. The van der Waals surface area contributed by atoms with Crippen LogP contribution in [0.25, 0.3) is 11.2 Å². The molecule has 0 bridgehead atoms. The molecule has 172 valence electrons. The molecule has 2 aromatic heterocycles. The molecule has 0 saturated carbocycles. The zero-order valence-electron chi connectivity index (χ0n) is 19.1. The van der Waals surface area contributed by atoms with Crippen molar-refractivity contribution >= 4 is 28.6 Å². The second-order valence-electron chi connectivity index (χ2n) is 8.80. The molecule has 7 heteroatoms. The van der Waals surface area contributed by atoms with E-state index in [0.29, 0.717) is 36.6 Å². The summed E-state index contributed by atoms with van der Waals surface area (Å²) >= 11 is 0. The highest BCUT2D eigenvalue weighted by Crippen LogP contribution is 2.23. The van der Waals surface area contributed by atoms with Gasteiger partial charge >= 0.3 is 0 Å². The summed E-state index contributed by atoms with van der Waals surface area (Å²) in [5.41, 5.74) is 3.99. The molecular weight excluding hydrogens is 426 g/mol. The standard InChI is InChI=1S/C27H27N5O2/c1-19-11-13-22(14-12-19)29-26(33)21-9-6-16-31(18-21)25-27(34)32(17-20-7-3-2-4-8-20)24-23(30-25)10-5-15-28-24/h2-5,7-8,10-15,21H,6,9,16-18H2,1H3,(H,29,33). The minimum absolute atomic E-state index is 0.0272. The van der Waals surface area contributed by atoms with Gasteiger partial charge in [-0.05, 0) is 49.6 Å². The van der Waals surface area contributed by atoms with Gasteiger partial charge in [-0.1, -0.05) is 48.0 Å². The van der Waals surface area contributed by atoms with Crippen molar-refractivity contribution in [2.75, 3.05) is 23.3 Å². The van der Waals surface area contributed by atoms with Gasteiger partial charge in [-0.25, -0.2) is 9.97 Å². The van der Waals surface area contributed by atoms with Crippen LogP contribution >= 0.6 is 0 Å². The fourth-order valence-corrected chi connectivity index (χ4v) is 4.45. The van der Waals surface area contributed by atoms with E-state index in [1.165, 1.54) is 0 Å². The van der Waals surface area contributed by atoms with E-state index in [2.05, 4.69) is 15.3 Å². The van der Waals surface area contributed by atoms with Gasteiger partial charge in [0.2, 0.25) is 5.91 Å². The highest BCUT2D eigenvalue weighted by atomic mass is 16.2. The van der Waals surface area contributed by atoms with Crippen molar-refractivity contribution in [1.82, 2.24) is 14.5 Å². The number of rotatable bonds is 5. The highest BCUT2D eigenvalue weighted by molar-refractivity contribution is 5.93. The van der Waals surface area contributed by atoms with Crippen molar-refractivity contribution in [3.63, 3.8) is 0 Å². The Morgan fingerprint density at radius 3 is 2.65 bits per heavy atom. The van der Waals surface area contributed by atoms with Crippen LogP contribution in [0.2, 0.25) is 0 Å². The van der Waals surface area contributed by atoms with Gasteiger partial charge in [-0.3, -0.25) is 14.2 Å². The molecule has 1 atom stereocenters. The number of carbonyl (C=O) groups is 1. The Kier molecular flexibility index (Phi) is 6.08. The molecule has 0 spiro atoms. The Morgan fingerprint density at radius 2 is 1.85 bits per heavy atom. The Hall–Kier alpha value is -4.00. The summed E-state index contributed by atoms with van der Waals surface area (Å²) < 4.78 is 1.68. The maximum Gasteiger partial charge on any atom is 0.295 e. The van der Waals surface area contributed by atoms with Gasteiger partial charge in [0, 0.05) is 25.0 Å². The molecule has 34 heavy (non-hydrogen) atoms. The van der Waals surface area contributed by atoms with Crippen molar-refractivity contribution in [3.05, 3.63) is 94.4 Å². The Morgan fingerprint density at radius 1 is 1.06 bits per heavy atom. The van der Waals surface area contributed by atoms with Crippen LogP contribution in [0, 0.1) is 12.8 Å². The van der Waals surface area contributed by atoms with E-state index in [0.717, 1.165) is 29.7 Å². The average Bonchev–Trinajstić information content (AvgIpc) is 2.87. The van der Waals surface area contributed by atoms with Crippen molar-refractivity contribution in [3.8, 4) is 0 Å². The molecule has 1 amide bonds. The Balaban J connectivity index is 1.44. The normalized spacial score (nSPS) is 15.9. The summed E-state index contributed by atoms with van der Waals surface area (Å²) in [5.74, 6) is 0.133. The molecule has 4 aromatic rings. The van der Waals surface area contributed by atoms with Crippen molar-refractivity contribution < 1.29 is 4.79 Å². The summed E-state index contributed by atoms with van der Waals surface area (Å²) in [6.07, 6.45) is 3.27. The predicted molar refractivity (Wildman–Crippen MR) is 134 cm³/mol. The summed E-state index contributed by atoms with van der Waals surface area (Å²) in [6, 6.07) is 21.3. The first kappa shape index (κ1) is 21.8. The number of benzene rings is 2. The van der Waals surface area contributed by atoms with E-state index >= 15 is 0 Å². The molecule has 5 rings (SSSR count). The van der Waals surface area contributed by atoms with E-state index in [-0.39, 0.29) is 17.4 Å². The van der Waals surface area contributed by atoms with Gasteiger partial charge < -0.3 is 10.2 Å². The fourth-order valence-electron chi connectivity index (χ4n) is 4.45. The highest BCUT2D eigenvalue weighted by Gasteiger charge is 2.29. The second kappa shape index (κ2) is 9.47. The van der Waals surface area contributed by atoms with E-state index in [1.807, 2.05) is 78.6 Å². The van der Waals surface area contributed by atoms with E-state index in [9.17, 15) is 9.59 Å². The number of nitrogens with zero attached hydrogens (tertiary/aromatic N) is 4. The number of amides is 1. The molecule has 2 aromatic carbocycles. The predicted octanol–water partition coefficient (Wildman–Crippen LogP) is 4.00. The van der Waals surface area contributed by atoms with Crippen LogP contribution in [0.1, 0.15) is 24.0 Å². The number of piperidine rings is 1. The number of anilines is 2. The zero-order chi connectivity index (χ0) is 23.5. The number of carbonyl (C=O) groups excluding carboxylic acids is 1. The van der Waals surface area contributed by atoms with Gasteiger partial charge in [0.25, 0.3) is 5.56 Å². The minimum Gasteiger partial charge on any atom is -0.351 e. The second-order valence-corrected chi connectivity index (χ2v) is 8.80. The first-order chi connectivity index (χ1) is 16.6. The first-order valence-electron chi connectivity index (χ1n) is 11.6. The summed E-state index contributed by atoms with van der Waals surface area (Å²) in [7, 11) is 0. The number of nitrogens with one attached hydrogen (secondary N) is 1. The van der Waals surface area contributed by atoms with Crippen LogP contribution < -0.4 is 15.8 Å². The fraction of sp³-hybridized carbons (Fsp3) is 0.259. The maximum absolute atomic E-state index is 13.6. The molecule has 1 aliphatic heterocycles. The lowest BCUT2D eigenvalue weighted by molar-refractivity contribution is -0.120. The van der Waals surface area contributed by atoms with Crippen LogP contribution in [-0.2, 0) is 11.3 Å². The largest absolute Gasteiger partial charge is 0.351 e. The third-order valence-corrected chi connectivity index (χ3v) is 6.28. The number of fused-ring (bicyclic) bond motifs is 1. The topological polar surface area (TPSA) is 80.1 Å². The molecule has 1 saturated heterocycles. The maximum atomic E-state index is 13.6. The van der Waals surface area contributed by atoms with Gasteiger partial charge in [-0.15, -0.1) is 0 Å². The number of aromatic nitrogens is 3. The SMILES string of the molecule is Cc1ccc(NC(=O)C2CCCN(c3nc4cccnc4n(Cc4ccccc4)c3=O)C2)cc1. The molecule has 1 fully saturated rings. The lowest BCUT2D eigenvalue weighted by atomic mass is 9.97. The lowest BCUT2D eigenvalue weighted by Crippen LogP contribution is -2.44. The van der Waals surface area contributed by atoms with Gasteiger partial charge in [-0.2, -0.15) is 0 Å². The number of aryl methyl sites for hydroxylation is 1. The van der Waals surface area contributed by atoms with Crippen molar-refractivity contribution in [1.29, 1.82) is 0 Å². The molecule has 1 N–H and O–H groups in total. The summed E-state index contributed by atoms with van der Waals surface area (Å²) in [4.78, 5) is 37.7. The third kappa shape index (κ3) is 4.55. The van der Waals surface area contributed by atoms with Crippen LogP contribution in [-0.4, -0.2) is 33.5 Å². The van der Waals surface area contributed by atoms with Crippen LogP contribution in [0.3, 0.4) is 0 Å². The van der Waals surface area contributed by atoms with Gasteiger partial charge in [0.1, 0.15) is 5.52 Å².